The molecule has 0 aromatic rings. The Hall–Kier alpha value is -1.04. The smallest absolute Gasteiger partial charge is 0.277 e. The first-order chi connectivity index (χ1) is 8.01. The SMILES string of the molecule is CSCC(C)CN1C(=O)NC(=O)C2(CC2)C1=O. The zero-order valence-corrected chi connectivity index (χ0v) is 10.8. The molecule has 1 saturated carbocycles. The molecule has 0 aromatic carbocycles. The first-order valence-electron chi connectivity index (χ1n) is 5.67. The fourth-order valence-corrected chi connectivity index (χ4v) is 2.79. The van der Waals surface area contributed by atoms with Crippen LogP contribution in [0.5, 0.6) is 0 Å². The lowest BCUT2D eigenvalue weighted by Crippen LogP contribution is -2.59. The standard InChI is InChI=1S/C11H16N2O3S/c1-7(6-17-2)5-13-9(15)11(3-4-11)8(14)12-10(13)16/h7H,3-6H2,1-2H3,(H,12,14,16). The first kappa shape index (κ1) is 12.4. The number of carbonyl (C=O) groups is 3. The van der Waals surface area contributed by atoms with E-state index >= 15 is 0 Å². The van der Waals surface area contributed by atoms with E-state index in [1.165, 1.54) is 4.90 Å². The zero-order valence-electron chi connectivity index (χ0n) is 9.99. The molecule has 6 heteroatoms. The van der Waals surface area contributed by atoms with Crippen molar-refractivity contribution >= 4 is 29.6 Å². The van der Waals surface area contributed by atoms with Gasteiger partial charge in [-0.2, -0.15) is 11.8 Å². The van der Waals surface area contributed by atoms with E-state index in [2.05, 4.69) is 5.32 Å². The molecule has 94 valence electrons. The third-order valence-electron chi connectivity index (χ3n) is 3.25. The van der Waals surface area contributed by atoms with E-state index in [0.29, 0.717) is 19.4 Å². The van der Waals surface area contributed by atoms with Gasteiger partial charge >= 0.3 is 6.03 Å². The summed E-state index contributed by atoms with van der Waals surface area (Å²) in [6, 6.07) is -0.564. The largest absolute Gasteiger partial charge is 0.330 e. The molecule has 0 radical (unpaired) electrons. The van der Waals surface area contributed by atoms with Crippen LogP contribution in [0.25, 0.3) is 0 Å². The minimum absolute atomic E-state index is 0.240. The number of hydrogen-bond donors (Lipinski definition) is 1. The third-order valence-corrected chi connectivity index (χ3v) is 4.15. The summed E-state index contributed by atoms with van der Waals surface area (Å²) in [7, 11) is 0. The maximum Gasteiger partial charge on any atom is 0.330 e. The van der Waals surface area contributed by atoms with Gasteiger partial charge in [0.05, 0.1) is 0 Å². The number of imide groups is 2. The Bertz CT molecular complexity index is 379. The number of urea groups is 1. The van der Waals surface area contributed by atoms with Crippen molar-refractivity contribution in [3.05, 3.63) is 0 Å². The van der Waals surface area contributed by atoms with E-state index in [1.54, 1.807) is 11.8 Å². The van der Waals surface area contributed by atoms with Crippen LogP contribution in [0.3, 0.4) is 0 Å². The Morgan fingerprint density at radius 1 is 1.41 bits per heavy atom. The summed E-state index contributed by atoms with van der Waals surface area (Å²) in [6.07, 6.45) is 3.12. The number of thioether (sulfide) groups is 1. The van der Waals surface area contributed by atoms with Gasteiger partial charge in [-0.3, -0.25) is 19.8 Å². The number of nitrogens with one attached hydrogen (secondary N) is 1. The molecule has 1 atom stereocenters. The lowest BCUT2D eigenvalue weighted by atomic mass is 10.0. The summed E-state index contributed by atoms with van der Waals surface area (Å²) >= 11 is 1.68. The summed E-state index contributed by atoms with van der Waals surface area (Å²) < 4.78 is 0. The second-order valence-electron chi connectivity index (χ2n) is 4.82. The molecule has 1 N–H and O–H groups in total. The molecule has 4 amide bonds. The maximum atomic E-state index is 12.1. The van der Waals surface area contributed by atoms with Crippen LogP contribution >= 0.6 is 11.8 Å². The Morgan fingerprint density at radius 3 is 2.59 bits per heavy atom. The quantitative estimate of drug-likeness (QED) is 0.757. The molecular weight excluding hydrogens is 240 g/mol. The molecule has 2 rings (SSSR count). The van der Waals surface area contributed by atoms with Gasteiger partial charge in [-0.1, -0.05) is 6.92 Å². The number of carbonyl (C=O) groups excluding carboxylic acids is 3. The van der Waals surface area contributed by atoms with Crippen molar-refractivity contribution in [2.75, 3.05) is 18.6 Å². The van der Waals surface area contributed by atoms with Gasteiger partial charge < -0.3 is 0 Å². The van der Waals surface area contributed by atoms with Crippen LogP contribution in [-0.4, -0.2) is 41.3 Å². The van der Waals surface area contributed by atoms with Crippen molar-refractivity contribution in [1.29, 1.82) is 0 Å². The number of nitrogens with zero attached hydrogens (tertiary/aromatic N) is 1. The molecule has 2 aliphatic rings. The van der Waals surface area contributed by atoms with E-state index < -0.39 is 17.4 Å². The predicted molar refractivity (Wildman–Crippen MR) is 64.5 cm³/mol. The molecule has 1 saturated heterocycles. The normalized spacial score (nSPS) is 23.9. The monoisotopic (exact) mass is 256 g/mol. The molecule has 0 aromatic heterocycles. The van der Waals surface area contributed by atoms with Crippen molar-refractivity contribution in [3.8, 4) is 0 Å². The third kappa shape index (κ3) is 2.06. The summed E-state index contributed by atoms with van der Waals surface area (Å²) in [5.74, 6) is 0.405. The maximum absolute atomic E-state index is 12.1. The van der Waals surface area contributed by atoms with Gasteiger partial charge in [0.1, 0.15) is 5.41 Å². The van der Waals surface area contributed by atoms with Gasteiger partial charge in [0.25, 0.3) is 0 Å². The van der Waals surface area contributed by atoms with E-state index in [-0.39, 0.29) is 11.8 Å². The highest BCUT2D eigenvalue weighted by atomic mass is 32.2. The van der Waals surface area contributed by atoms with E-state index in [0.717, 1.165) is 5.75 Å². The second-order valence-corrected chi connectivity index (χ2v) is 5.73. The lowest BCUT2D eigenvalue weighted by molar-refractivity contribution is -0.144. The van der Waals surface area contributed by atoms with Crippen LogP contribution in [-0.2, 0) is 9.59 Å². The van der Waals surface area contributed by atoms with Crippen LogP contribution in [0.15, 0.2) is 0 Å². The van der Waals surface area contributed by atoms with Gasteiger partial charge in [0, 0.05) is 6.54 Å². The number of amides is 4. The van der Waals surface area contributed by atoms with Crippen molar-refractivity contribution in [2.24, 2.45) is 11.3 Å². The second kappa shape index (κ2) is 4.33. The molecule has 1 heterocycles. The molecule has 17 heavy (non-hydrogen) atoms. The van der Waals surface area contributed by atoms with Crippen LogP contribution in [0, 0.1) is 11.3 Å². The predicted octanol–water partition coefficient (Wildman–Crippen LogP) is 0.844. The van der Waals surface area contributed by atoms with E-state index in [9.17, 15) is 14.4 Å². The molecule has 0 bridgehead atoms. The van der Waals surface area contributed by atoms with Crippen LogP contribution in [0.1, 0.15) is 19.8 Å². The fraction of sp³-hybridized carbons (Fsp3) is 0.727. The topological polar surface area (TPSA) is 66.5 Å². The van der Waals surface area contributed by atoms with Crippen molar-refractivity contribution in [2.45, 2.75) is 19.8 Å². The molecule has 2 fully saturated rings. The zero-order chi connectivity index (χ0) is 12.6. The van der Waals surface area contributed by atoms with E-state index in [4.69, 9.17) is 0 Å². The highest BCUT2D eigenvalue weighted by molar-refractivity contribution is 7.98. The highest BCUT2D eigenvalue weighted by Gasteiger charge is 2.62. The summed E-state index contributed by atoms with van der Waals surface area (Å²) in [5.41, 5.74) is -0.910. The number of barbiturate groups is 1. The van der Waals surface area contributed by atoms with Crippen LogP contribution in [0.2, 0.25) is 0 Å². The average molecular weight is 256 g/mol. The Morgan fingerprint density at radius 2 is 2.06 bits per heavy atom. The lowest BCUT2D eigenvalue weighted by Gasteiger charge is -2.31. The highest BCUT2D eigenvalue weighted by Crippen LogP contribution is 2.49. The molecular formula is C11H16N2O3S. The van der Waals surface area contributed by atoms with Gasteiger partial charge in [0.15, 0.2) is 0 Å². The van der Waals surface area contributed by atoms with Gasteiger partial charge in [-0.05, 0) is 30.8 Å². The molecule has 1 spiro atoms. The van der Waals surface area contributed by atoms with Crippen LogP contribution < -0.4 is 5.32 Å². The fourth-order valence-electron chi connectivity index (χ4n) is 2.11. The summed E-state index contributed by atoms with van der Waals surface area (Å²) in [4.78, 5) is 36.5. The van der Waals surface area contributed by atoms with E-state index in [1.807, 2.05) is 13.2 Å². The Labute approximate surface area is 104 Å². The van der Waals surface area contributed by atoms with Crippen LogP contribution in [0.4, 0.5) is 4.79 Å². The minimum Gasteiger partial charge on any atom is -0.277 e. The summed E-state index contributed by atoms with van der Waals surface area (Å²) in [6.45, 7) is 2.38. The van der Waals surface area contributed by atoms with Crippen molar-refractivity contribution in [3.63, 3.8) is 0 Å². The Balaban J connectivity index is 2.08. The molecule has 1 aliphatic carbocycles. The summed E-state index contributed by atoms with van der Waals surface area (Å²) in [5, 5.41) is 2.28. The average Bonchev–Trinajstić information content (AvgIpc) is 3.04. The number of hydrogen-bond acceptors (Lipinski definition) is 4. The minimum atomic E-state index is -0.910. The van der Waals surface area contributed by atoms with Gasteiger partial charge in [-0.15, -0.1) is 0 Å². The number of rotatable bonds is 4. The first-order valence-corrected chi connectivity index (χ1v) is 7.07. The molecule has 1 aliphatic heterocycles. The van der Waals surface area contributed by atoms with Gasteiger partial charge in [-0.25, -0.2) is 4.79 Å². The molecule has 1 unspecified atom stereocenters. The Kier molecular flexibility index (Phi) is 3.16. The van der Waals surface area contributed by atoms with Gasteiger partial charge in [0.2, 0.25) is 11.8 Å². The van der Waals surface area contributed by atoms with Crippen molar-refractivity contribution in [1.82, 2.24) is 10.2 Å². The van der Waals surface area contributed by atoms with Crippen molar-refractivity contribution < 1.29 is 14.4 Å². The molecule has 5 nitrogen and oxygen atoms in total.